The number of hydrogen-bond donors (Lipinski definition) is 0. The van der Waals surface area contributed by atoms with E-state index in [9.17, 15) is 0 Å². The molecule has 0 bridgehead atoms. The smallest absolute Gasteiger partial charge is 0.0713 e. The first-order chi connectivity index (χ1) is 31.3. The lowest BCUT2D eigenvalue weighted by Crippen LogP contribution is -2.31. The summed E-state index contributed by atoms with van der Waals surface area (Å²) in [6, 6.07) is 88.6. The van der Waals surface area contributed by atoms with Gasteiger partial charge in [-0.3, -0.25) is 0 Å². The standard InChI is InChI=1S/C61H46N2/c1-5-17-45(18-6-1)47-29-37-53(38-30-47)62(51-21-9-3-10-22-51)55-41-33-49(34-42-55)61(59-27-15-13-25-57(59)58-26-14-16-28-60(58)61)50-35-43-56(44-36-50)63(52-23-11-4-12-24-52)54-39-31-48(32-40-54)46-19-7-2-8-20-46/h1-39,41-44,54H,40H2. The molecule has 0 spiro atoms. The summed E-state index contributed by atoms with van der Waals surface area (Å²) < 4.78 is 0. The van der Waals surface area contributed by atoms with Crippen molar-refractivity contribution in [2.45, 2.75) is 17.9 Å². The van der Waals surface area contributed by atoms with Crippen molar-refractivity contribution in [1.82, 2.24) is 0 Å². The highest BCUT2D eigenvalue weighted by molar-refractivity contribution is 5.87. The lowest BCUT2D eigenvalue weighted by molar-refractivity contribution is 0.764. The highest BCUT2D eigenvalue weighted by Gasteiger charge is 2.46. The predicted octanol–water partition coefficient (Wildman–Crippen LogP) is 15.7. The molecule has 0 aliphatic heterocycles. The number of allylic oxidation sites excluding steroid dienone is 2. The van der Waals surface area contributed by atoms with Gasteiger partial charge in [0.1, 0.15) is 0 Å². The van der Waals surface area contributed by atoms with E-state index >= 15 is 0 Å². The third-order valence-corrected chi connectivity index (χ3v) is 12.9. The van der Waals surface area contributed by atoms with Crippen LogP contribution < -0.4 is 9.80 Å². The molecule has 0 heterocycles. The highest BCUT2D eigenvalue weighted by atomic mass is 15.2. The van der Waals surface area contributed by atoms with Gasteiger partial charge in [-0.2, -0.15) is 0 Å². The third kappa shape index (κ3) is 6.87. The molecule has 2 aliphatic rings. The van der Waals surface area contributed by atoms with E-state index in [4.69, 9.17) is 0 Å². The van der Waals surface area contributed by atoms with Crippen LogP contribution in [0.1, 0.15) is 34.2 Å². The minimum atomic E-state index is -0.533. The molecule has 2 nitrogen and oxygen atoms in total. The van der Waals surface area contributed by atoms with E-state index in [2.05, 4.69) is 271 Å². The fourth-order valence-electron chi connectivity index (χ4n) is 9.98. The Labute approximate surface area is 371 Å². The molecule has 0 amide bonds. The number of anilines is 5. The van der Waals surface area contributed by atoms with Crippen LogP contribution in [0.25, 0.3) is 27.8 Å². The van der Waals surface area contributed by atoms with Gasteiger partial charge in [-0.15, -0.1) is 0 Å². The lowest BCUT2D eigenvalue weighted by Gasteiger charge is -2.36. The number of rotatable bonds is 10. The fraction of sp³-hybridized carbons (Fsp3) is 0.0492. The van der Waals surface area contributed by atoms with Gasteiger partial charge in [-0.25, -0.2) is 0 Å². The SMILES string of the molecule is C1=CC(N(c2ccccc2)c2ccc(C3(c4ccc(N(c5ccccc5)c5ccc(-c6ccccc6)cc5)cc4)c4ccccc4-c4ccccc43)cc2)CC=C1c1ccccc1. The Morgan fingerprint density at radius 3 is 1.27 bits per heavy atom. The Morgan fingerprint density at radius 1 is 0.349 bits per heavy atom. The third-order valence-electron chi connectivity index (χ3n) is 12.9. The summed E-state index contributed by atoms with van der Waals surface area (Å²) in [7, 11) is 0. The van der Waals surface area contributed by atoms with Crippen LogP contribution in [0.3, 0.4) is 0 Å². The first kappa shape index (κ1) is 38.0. The molecule has 2 heteroatoms. The first-order valence-electron chi connectivity index (χ1n) is 21.9. The molecule has 1 atom stereocenters. The molecular formula is C61H46N2. The van der Waals surface area contributed by atoms with Crippen molar-refractivity contribution in [2.75, 3.05) is 9.80 Å². The van der Waals surface area contributed by atoms with E-state index in [1.54, 1.807) is 0 Å². The zero-order valence-electron chi connectivity index (χ0n) is 35.0. The molecular weight excluding hydrogens is 761 g/mol. The number of nitrogens with zero attached hydrogens (tertiary/aromatic N) is 2. The maximum Gasteiger partial charge on any atom is 0.0713 e. The number of hydrogen-bond acceptors (Lipinski definition) is 2. The zero-order chi connectivity index (χ0) is 42.0. The van der Waals surface area contributed by atoms with Gasteiger partial charge < -0.3 is 9.80 Å². The van der Waals surface area contributed by atoms with Crippen LogP contribution in [0, 0.1) is 0 Å². The lowest BCUT2D eigenvalue weighted by atomic mass is 9.67. The molecule has 9 aromatic rings. The second kappa shape index (κ2) is 16.5. The van der Waals surface area contributed by atoms with Crippen LogP contribution in [0.4, 0.5) is 28.4 Å². The van der Waals surface area contributed by atoms with Crippen LogP contribution in [0.15, 0.2) is 261 Å². The van der Waals surface area contributed by atoms with Gasteiger partial charge >= 0.3 is 0 Å². The van der Waals surface area contributed by atoms with Crippen LogP contribution in [0.5, 0.6) is 0 Å². The fourth-order valence-corrected chi connectivity index (χ4v) is 9.98. The van der Waals surface area contributed by atoms with Crippen LogP contribution in [-0.4, -0.2) is 6.04 Å². The summed E-state index contributed by atoms with van der Waals surface area (Å²) in [4.78, 5) is 4.84. The molecule has 0 radical (unpaired) electrons. The summed E-state index contributed by atoms with van der Waals surface area (Å²) in [5.41, 5.74) is 17.7. The van der Waals surface area contributed by atoms with Gasteiger partial charge in [-0.1, -0.05) is 200 Å². The van der Waals surface area contributed by atoms with Crippen molar-refractivity contribution in [3.63, 3.8) is 0 Å². The van der Waals surface area contributed by atoms with Gasteiger partial charge in [0, 0.05) is 28.4 Å². The summed E-state index contributed by atoms with van der Waals surface area (Å²) >= 11 is 0. The average Bonchev–Trinajstić information content (AvgIpc) is 3.67. The van der Waals surface area contributed by atoms with Crippen molar-refractivity contribution in [1.29, 1.82) is 0 Å². The Kier molecular flexibility index (Phi) is 9.95. The van der Waals surface area contributed by atoms with Crippen molar-refractivity contribution in [3.8, 4) is 22.3 Å². The van der Waals surface area contributed by atoms with E-state index in [0.29, 0.717) is 0 Å². The molecule has 0 saturated heterocycles. The van der Waals surface area contributed by atoms with Gasteiger partial charge in [0.15, 0.2) is 0 Å². The van der Waals surface area contributed by atoms with Gasteiger partial charge in [0.25, 0.3) is 0 Å². The summed E-state index contributed by atoms with van der Waals surface area (Å²) in [5, 5.41) is 0. The Bertz CT molecular complexity index is 3000. The molecule has 11 rings (SSSR count). The number of para-hydroxylation sites is 2. The van der Waals surface area contributed by atoms with E-state index in [0.717, 1.165) is 29.2 Å². The minimum absolute atomic E-state index is 0.169. The minimum Gasteiger partial charge on any atom is -0.334 e. The Hall–Kier alpha value is -7.94. The normalized spacial score (nSPS) is 14.6. The number of benzene rings is 9. The summed E-state index contributed by atoms with van der Waals surface area (Å²) in [6.07, 6.45) is 7.95. The second-order valence-electron chi connectivity index (χ2n) is 16.4. The second-order valence-corrected chi connectivity index (χ2v) is 16.4. The van der Waals surface area contributed by atoms with Crippen LogP contribution in [0.2, 0.25) is 0 Å². The quantitative estimate of drug-likeness (QED) is 0.136. The van der Waals surface area contributed by atoms with E-state index in [1.165, 1.54) is 61.3 Å². The maximum absolute atomic E-state index is 2.49. The maximum atomic E-state index is 2.49. The molecule has 0 saturated carbocycles. The van der Waals surface area contributed by atoms with Crippen molar-refractivity contribution < 1.29 is 0 Å². The molecule has 2 aliphatic carbocycles. The molecule has 0 N–H and O–H groups in total. The van der Waals surface area contributed by atoms with Gasteiger partial charge in [0.2, 0.25) is 0 Å². The topological polar surface area (TPSA) is 6.48 Å². The highest BCUT2D eigenvalue weighted by Crippen LogP contribution is 2.56. The van der Waals surface area contributed by atoms with Crippen LogP contribution >= 0.6 is 0 Å². The van der Waals surface area contributed by atoms with E-state index in [-0.39, 0.29) is 6.04 Å². The van der Waals surface area contributed by atoms with Crippen molar-refractivity contribution in [3.05, 3.63) is 289 Å². The zero-order valence-corrected chi connectivity index (χ0v) is 35.0. The molecule has 0 aromatic heterocycles. The average molecular weight is 807 g/mol. The largest absolute Gasteiger partial charge is 0.334 e. The summed E-state index contributed by atoms with van der Waals surface area (Å²) in [5.74, 6) is 0. The first-order valence-corrected chi connectivity index (χ1v) is 21.9. The Balaban J connectivity index is 1.01. The summed E-state index contributed by atoms with van der Waals surface area (Å²) in [6.45, 7) is 0. The van der Waals surface area contributed by atoms with E-state index in [1.807, 2.05) is 0 Å². The van der Waals surface area contributed by atoms with Crippen molar-refractivity contribution >= 4 is 34.0 Å². The number of fused-ring (bicyclic) bond motifs is 3. The van der Waals surface area contributed by atoms with E-state index < -0.39 is 5.41 Å². The molecule has 63 heavy (non-hydrogen) atoms. The molecule has 300 valence electrons. The van der Waals surface area contributed by atoms with Crippen LogP contribution in [-0.2, 0) is 5.41 Å². The predicted molar refractivity (Wildman–Crippen MR) is 264 cm³/mol. The van der Waals surface area contributed by atoms with Gasteiger partial charge in [-0.05, 0) is 123 Å². The molecule has 1 unspecified atom stereocenters. The molecule has 0 fully saturated rings. The molecule has 9 aromatic carbocycles. The Morgan fingerprint density at radius 2 is 0.746 bits per heavy atom. The monoisotopic (exact) mass is 806 g/mol. The van der Waals surface area contributed by atoms with Gasteiger partial charge in [0.05, 0.1) is 11.5 Å². The van der Waals surface area contributed by atoms with Crippen molar-refractivity contribution in [2.24, 2.45) is 0 Å².